The number of aromatic hydroxyl groups is 1. The van der Waals surface area contributed by atoms with Gasteiger partial charge in [-0.2, -0.15) is 0 Å². The van der Waals surface area contributed by atoms with Gasteiger partial charge in [0, 0.05) is 18.2 Å². The maximum absolute atomic E-state index is 11.4. The molecule has 6 nitrogen and oxygen atoms in total. The van der Waals surface area contributed by atoms with E-state index in [1.807, 2.05) is 18.2 Å². The number of phenolic OH excluding ortho intramolecular Hbond substituents is 1. The number of nitrogens with zero attached hydrogens (tertiary/aromatic N) is 1. The topological polar surface area (TPSA) is 96.2 Å². The number of benzene rings is 2. The van der Waals surface area contributed by atoms with E-state index in [1.165, 1.54) is 12.3 Å². The predicted molar refractivity (Wildman–Crippen MR) is 78.9 cm³/mol. The first-order chi connectivity index (χ1) is 10.5. The zero-order valence-corrected chi connectivity index (χ0v) is 11.5. The van der Waals surface area contributed by atoms with Crippen LogP contribution in [0.4, 0.5) is 0 Å². The minimum atomic E-state index is -1.90. The number of carbonyl (C=O) groups excluding carboxylic acids is 1. The lowest BCUT2D eigenvalue weighted by Crippen LogP contribution is -2.36. The third kappa shape index (κ3) is 2.28. The van der Waals surface area contributed by atoms with Crippen LogP contribution in [-0.4, -0.2) is 34.1 Å². The van der Waals surface area contributed by atoms with E-state index in [9.17, 15) is 19.8 Å². The first-order valence-electron chi connectivity index (χ1n) is 6.73. The van der Waals surface area contributed by atoms with Crippen LogP contribution in [0.3, 0.4) is 0 Å². The summed E-state index contributed by atoms with van der Waals surface area (Å²) in [5.41, 5.74) is -1.51. The molecule has 2 N–H and O–H groups in total. The maximum Gasteiger partial charge on any atom is 0.372 e. The van der Waals surface area contributed by atoms with Crippen LogP contribution in [0.5, 0.6) is 5.75 Å². The second-order valence-corrected chi connectivity index (χ2v) is 5.04. The number of esters is 1. The zero-order valence-electron chi connectivity index (χ0n) is 11.5. The average Bonchev–Trinajstić information content (AvgIpc) is 2.89. The van der Waals surface area contributed by atoms with E-state index in [0.29, 0.717) is 5.56 Å². The summed E-state index contributed by atoms with van der Waals surface area (Å²) in [6.07, 6.45) is 1.23. The van der Waals surface area contributed by atoms with E-state index in [1.54, 1.807) is 12.1 Å². The fourth-order valence-electron chi connectivity index (χ4n) is 2.45. The maximum atomic E-state index is 11.4. The SMILES string of the molecule is O=C1CCC(/N=C/c2c(O)ccc3ccccc23)(C(=O)O)O1. The van der Waals surface area contributed by atoms with E-state index in [-0.39, 0.29) is 18.6 Å². The summed E-state index contributed by atoms with van der Waals surface area (Å²) in [7, 11) is 0. The molecule has 112 valence electrons. The normalized spacial score (nSPS) is 21.4. The molecule has 0 aromatic heterocycles. The lowest BCUT2D eigenvalue weighted by Gasteiger charge is -2.17. The van der Waals surface area contributed by atoms with Crippen molar-refractivity contribution in [1.82, 2.24) is 0 Å². The van der Waals surface area contributed by atoms with Crippen molar-refractivity contribution in [3.63, 3.8) is 0 Å². The summed E-state index contributed by atoms with van der Waals surface area (Å²) in [5, 5.41) is 20.9. The van der Waals surface area contributed by atoms with Crippen LogP contribution in [-0.2, 0) is 14.3 Å². The van der Waals surface area contributed by atoms with Gasteiger partial charge in [-0.25, -0.2) is 9.79 Å². The van der Waals surface area contributed by atoms with E-state index in [2.05, 4.69) is 4.99 Å². The Hall–Kier alpha value is -2.89. The molecule has 2 aromatic carbocycles. The Morgan fingerprint density at radius 2 is 2.05 bits per heavy atom. The molecule has 0 radical (unpaired) electrons. The van der Waals surface area contributed by atoms with Gasteiger partial charge in [0.25, 0.3) is 0 Å². The van der Waals surface area contributed by atoms with Crippen LogP contribution in [0.15, 0.2) is 41.4 Å². The molecule has 0 spiro atoms. The van der Waals surface area contributed by atoms with E-state index in [4.69, 9.17) is 4.74 Å². The number of fused-ring (bicyclic) bond motifs is 1. The van der Waals surface area contributed by atoms with E-state index >= 15 is 0 Å². The highest BCUT2D eigenvalue weighted by Gasteiger charge is 2.47. The third-order valence-corrected chi connectivity index (χ3v) is 3.63. The highest BCUT2D eigenvalue weighted by Crippen LogP contribution is 2.30. The van der Waals surface area contributed by atoms with Crippen molar-refractivity contribution in [3.8, 4) is 5.75 Å². The molecule has 1 unspecified atom stereocenters. The number of phenols is 1. The van der Waals surface area contributed by atoms with E-state index in [0.717, 1.165) is 10.8 Å². The summed E-state index contributed by atoms with van der Waals surface area (Å²) in [6, 6.07) is 10.6. The van der Waals surface area contributed by atoms with Gasteiger partial charge >= 0.3 is 17.7 Å². The Balaban J connectivity index is 2.07. The fraction of sp³-hybridized carbons (Fsp3) is 0.188. The number of carbonyl (C=O) groups is 2. The molecule has 1 aliphatic heterocycles. The molecule has 1 heterocycles. The number of aliphatic carboxylic acids is 1. The van der Waals surface area contributed by atoms with Crippen molar-refractivity contribution < 1.29 is 24.5 Å². The molecular formula is C16H13NO5. The second kappa shape index (κ2) is 5.14. The first kappa shape index (κ1) is 14.1. The largest absolute Gasteiger partial charge is 0.507 e. The lowest BCUT2D eigenvalue weighted by molar-refractivity contribution is -0.168. The summed E-state index contributed by atoms with van der Waals surface area (Å²) in [6.45, 7) is 0. The van der Waals surface area contributed by atoms with E-state index < -0.39 is 17.7 Å². The quantitative estimate of drug-likeness (QED) is 0.668. The third-order valence-electron chi connectivity index (χ3n) is 3.63. The van der Waals surface area contributed by atoms with Crippen LogP contribution in [0.2, 0.25) is 0 Å². The van der Waals surface area contributed by atoms with Crippen molar-refractivity contribution in [2.24, 2.45) is 4.99 Å². The average molecular weight is 299 g/mol. The molecule has 1 saturated heterocycles. The molecule has 0 bridgehead atoms. The van der Waals surface area contributed by atoms with Crippen molar-refractivity contribution in [3.05, 3.63) is 42.0 Å². The van der Waals surface area contributed by atoms with Crippen LogP contribution >= 0.6 is 0 Å². The monoisotopic (exact) mass is 299 g/mol. The Bertz CT molecular complexity index is 798. The summed E-state index contributed by atoms with van der Waals surface area (Å²) in [4.78, 5) is 26.6. The first-order valence-corrected chi connectivity index (χ1v) is 6.73. The number of carboxylic acid groups (broad SMARTS) is 1. The molecule has 1 atom stereocenters. The summed E-state index contributed by atoms with van der Waals surface area (Å²) in [5.74, 6) is -1.94. The Kier molecular flexibility index (Phi) is 3.29. The van der Waals surface area contributed by atoms with Crippen LogP contribution in [0, 0.1) is 0 Å². The Labute approximate surface area is 125 Å². The van der Waals surface area contributed by atoms with Crippen molar-refractivity contribution >= 4 is 28.9 Å². The lowest BCUT2D eigenvalue weighted by atomic mass is 10.0. The molecule has 0 saturated carbocycles. The molecule has 1 fully saturated rings. The van der Waals surface area contributed by atoms with Crippen molar-refractivity contribution in [1.29, 1.82) is 0 Å². The summed E-state index contributed by atoms with van der Waals surface area (Å²) >= 11 is 0. The van der Waals surface area contributed by atoms with Gasteiger partial charge in [0.15, 0.2) is 0 Å². The number of carboxylic acids is 1. The van der Waals surface area contributed by atoms with Gasteiger partial charge in [-0.1, -0.05) is 30.3 Å². The Morgan fingerprint density at radius 1 is 1.27 bits per heavy atom. The van der Waals surface area contributed by atoms with Crippen LogP contribution < -0.4 is 0 Å². The molecule has 2 aromatic rings. The molecule has 22 heavy (non-hydrogen) atoms. The highest BCUT2D eigenvalue weighted by atomic mass is 16.6. The molecule has 3 rings (SSSR count). The van der Waals surface area contributed by atoms with Crippen LogP contribution in [0.25, 0.3) is 10.8 Å². The number of aliphatic imine (C=N–C) groups is 1. The van der Waals surface area contributed by atoms with Crippen LogP contribution in [0.1, 0.15) is 18.4 Å². The highest BCUT2D eigenvalue weighted by molar-refractivity contribution is 6.03. The number of ether oxygens (including phenoxy) is 1. The molecule has 0 aliphatic carbocycles. The van der Waals surface area contributed by atoms with Gasteiger partial charge in [-0.15, -0.1) is 0 Å². The number of hydrogen-bond acceptors (Lipinski definition) is 5. The molecular weight excluding hydrogens is 286 g/mol. The molecule has 0 amide bonds. The number of rotatable bonds is 3. The van der Waals surface area contributed by atoms with Gasteiger partial charge in [-0.3, -0.25) is 4.79 Å². The number of hydrogen-bond donors (Lipinski definition) is 2. The van der Waals surface area contributed by atoms with Gasteiger partial charge < -0.3 is 14.9 Å². The smallest absolute Gasteiger partial charge is 0.372 e. The predicted octanol–water partition coefficient (Wildman–Crippen LogP) is 2.08. The molecule has 6 heteroatoms. The Morgan fingerprint density at radius 3 is 2.73 bits per heavy atom. The second-order valence-electron chi connectivity index (χ2n) is 5.04. The minimum absolute atomic E-state index is 0.00512. The fourth-order valence-corrected chi connectivity index (χ4v) is 2.45. The van der Waals surface area contributed by atoms with Gasteiger partial charge in [-0.05, 0) is 16.8 Å². The van der Waals surface area contributed by atoms with Gasteiger partial charge in [0.2, 0.25) is 0 Å². The van der Waals surface area contributed by atoms with Gasteiger partial charge in [0.05, 0.1) is 6.42 Å². The molecule has 1 aliphatic rings. The summed E-state index contributed by atoms with van der Waals surface area (Å²) < 4.78 is 4.87. The van der Waals surface area contributed by atoms with Crippen molar-refractivity contribution in [2.45, 2.75) is 18.6 Å². The number of cyclic esters (lactones) is 1. The van der Waals surface area contributed by atoms with Crippen molar-refractivity contribution in [2.75, 3.05) is 0 Å². The zero-order chi connectivity index (χ0) is 15.7. The van der Waals surface area contributed by atoms with Gasteiger partial charge in [0.1, 0.15) is 5.75 Å². The minimum Gasteiger partial charge on any atom is -0.507 e. The standard InChI is InChI=1S/C16H13NO5/c18-13-6-5-10-3-1-2-4-11(10)12(13)9-17-16(15(20)21)8-7-14(19)22-16/h1-6,9,18H,7-8H2,(H,20,21)/b17-9+.